The van der Waals surface area contributed by atoms with E-state index in [4.69, 9.17) is 9.97 Å². The van der Waals surface area contributed by atoms with Gasteiger partial charge in [-0.3, -0.25) is 9.59 Å². The summed E-state index contributed by atoms with van der Waals surface area (Å²) in [6.07, 6.45) is 5.48. The van der Waals surface area contributed by atoms with E-state index in [1.165, 1.54) is 12.8 Å². The van der Waals surface area contributed by atoms with Gasteiger partial charge in [-0.05, 0) is 31.4 Å². The molecule has 0 bridgehead atoms. The molecule has 1 unspecified atom stereocenters. The molecule has 2 aliphatic heterocycles. The van der Waals surface area contributed by atoms with Crippen LogP contribution < -0.4 is 15.1 Å². The van der Waals surface area contributed by atoms with Gasteiger partial charge in [-0.1, -0.05) is 36.9 Å². The second-order valence-corrected chi connectivity index (χ2v) is 10.1. The minimum atomic E-state index is -0.349. The predicted molar refractivity (Wildman–Crippen MR) is 138 cm³/mol. The Morgan fingerprint density at radius 1 is 1.17 bits per heavy atom. The highest BCUT2D eigenvalue weighted by Crippen LogP contribution is 2.30. The zero-order valence-electron chi connectivity index (χ0n) is 20.0. The molecule has 2 saturated heterocycles. The number of carbonyl (C=O) groups is 2. The van der Waals surface area contributed by atoms with E-state index in [9.17, 15) is 9.59 Å². The lowest BCUT2D eigenvalue weighted by molar-refractivity contribution is -0.126. The van der Waals surface area contributed by atoms with E-state index in [0.29, 0.717) is 19.6 Å². The Kier molecular flexibility index (Phi) is 7.17. The minimum absolute atomic E-state index is 0.0160. The number of benzene rings is 1. The molecule has 0 radical (unpaired) electrons. The number of aromatic nitrogens is 4. The number of hydrogen-bond acceptors (Lipinski definition) is 7. The number of hydrogen-bond donors (Lipinski definition) is 1. The number of para-hydroxylation sites is 1. The van der Waals surface area contributed by atoms with Crippen LogP contribution in [0.15, 0.2) is 41.7 Å². The van der Waals surface area contributed by atoms with E-state index in [1.807, 2.05) is 41.2 Å². The molecule has 0 spiro atoms. The highest BCUT2D eigenvalue weighted by atomic mass is 32.2. The Morgan fingerprint density at radius 2 is 1.97 bits per heavy atom. The molecule has 1 aromatic carbocycles. The molecule has 5 rings (SSSR count). The molecule has 9 nitrogen and oxygen atoms in total. The smallest absolute Gasteiger partial charge is 0.227 e. The van der Waals surface area contributed by atoms with Gasteiger partial charge in [0.05, 0.1) is 24.0 Å². The van der Waals surface area contributed by atoms with Crippen LogP contribution in [0.3, 0.4) is 0 Å². The van der Waals surface area contributed by atoms with Gasteiger partial charge in [-0.2, -0.15) is 5.10 Å². The molecule has 0 aliphatic carbocycles. The molecule has 1 atom stereocenters. The Balaban J connectivity index is 1.25. The van der Waals surface area contributed by atoms with Crippen molar-refractivity contribution < 1.29 is 9.59 Å². The van der Waals surface area contributed by atoms with Crippen LogP contribution in [0, 0.1) is 5.92 Å². The summed E-state index contributed by atoms with van der Waals surface area (Å²) in [5.74, 6) is 1.47. The summed E-state index contributed by atoms with van der Waals surface area (Å²) in [5, 5.41) is 9.31. The van der Waals surface area contributed by atoms with Crippen molar-refractivity contribution in [2.45, 2.75) is 44.3 Å². The van der Waals surface area contributed by atoms with Gasteiger partial charge in [-0.25, -0.2) is 14.6 Å². The molecular weight excluding hydrogens is 462 g/mol. The van der Waals surface area contributed by atoms with E-state index in [2.05, 4.69) is 22.2 Å². The zero-order chi connectivity index (χ0) is 24.2. The third kappa shape index (κ3) is 5.12. The second kappa shape index (κ2) is 10.6. The summed E-state index contributed by atoms with van der Waals surface area (Å²) in [7, 11) is 0. The molecule has 3 aromatic rings. The molecule has 2 amide bonds. The fourth-order valence-corrected chi connectivity index (χ4v) is 5.37. The van der Waals surface area contributed by atoms with Crippen molar-refractivity contribution >= 4 is 46.1 Å². The van der Waals surface area contributed by atoms with Crippen LogP contribution in [0.25, 0.3) is 11.0 Å². The van der Waals surface area contributed by atoms with E-state index < -0.39 is 0 Å². The summed E-state index contributed by atoms with van der Waals surface area (Å²) in [4.78, 5) is 38.9. The van der Waals surface area contributed by atoms with E-state index in [1.54, 1.807) is 16.7 Å². The monoisotopic (exact) mass is 493 g/mol. The van der Waals surface area contributed by atoms with Gasteiger partial charge in [0.2, 0.25) is 11.8 Å². The fourth-order valence-electron chi connectivity index (χ4n) is 4.68. The number of anilines is 2. The molecule has 1 N–H and O–H groups in total. The van der Waals surface area contributed by atoms with Crippen molar-refractivity contribution in [3.05, 3.63) is 36.5 Å². The summed E-state index contributed by atoms with van der Waals surface area (Å²) < 4.78 is 1.85. The highest BCUT2D eigenvalue weighted by molar-refractivity contribution is 7.99. The molecule has 2 fully saturated rings. The van der Waals surface area contributed by atoms with Crippen molar-refractivity contribution in [3.63, 3.8) is 0 Å². The molecule has 10 heteroatoms. The van der Waals surface area contributed by atoms with Gasteiger partial charge in [0.15, 0.2) is 10.8 Å². The van der Waals surface area contributed by atoms with Gasteiger partial charge < -0.3 is 15.1 Å². The van der Waals surface area contributed by atoms with Gasteiger partial charge >= 0.3 is 0 Å². The topological polar surface area (TPSA) is 96.2 Å². The van der Waals surface area contributed by atoms with E-state index in [0.717, 1.165) is 53.0 Å². The van der Waals surface area contributed by atoms with Crippen molar-refractivity contribution in [2.75, 3.05) is 41.7 Å². The summed E-state index contributed by atoms with van der Waals surface area (Å²) in [6.45, 7) is 5.50. The maximum absolute atomic E-state index is 12.8. The number of nitrogens with one attached hydrogen (secondary N) is 1. The SMILES string of the molecule is CCCSc1nc(N2CCCC2)c2cnn(CCNC(=O)C3CC(=O)N(c4ccccc4)C3)c2n1. The lowest BCUT2D eigenvalue weighted by Gasteiger charge is -2.18. The largest absolute Gasteiger partial charge is 0.356 e. The van der Waals surface area contributed by atoms with Crippen LogP contribution in [0.1, 0.15) is 32.6 Å². The summed E-state index contributed by atoms with van der Waals surface area (Å²) in [6, 6.07) is 9.50. The first-order valence-electron chi connectivity index (χ1n) is 12.4. The van der Waals surface area contributed by atoms with Crippen molar-refractivity contribution in [3.8, 4) is 0 Å². The number of nitrogens with zero attached hydrogens (tertiary/aromatic N) is 6. The quantitative estimate of drug-likeness (QED) is 0.361. The Morgan fingerprint density at radius 3 is 2.74 bits per heavy atom. The van der Waals surface area contributed by atoms with Crippen LogP contribution in [0.4, 0.5) is 11.5 Å². The highest BCUT2D eigenvalue weighted by Gasteiger charge is 2.34. The van der Waals surface area contributed by atoms with Crippen LogP contribution >= 0.6 is 11.8 Å². The molecule has 4 heterocycles. The summed E-state index contributed by atoms with van der Waals surface area (Å²) >= 11 is 1.67. The molecule has 0 saturated carbocycles. The van der Waals surface area contributed by atoms with Gasteiger partial charge in [0.25, 0.3) is 0 Å². The fraction of sp³-hybridized carbons (Fsp3) is 0.480. The Labute approximate surface area is 209 Å². The lowest BCUT2D eigenvalue weighted by atomic mass is 10.1. The van der Waals surface area contributed by atoms with Gasteiger partial charge in [-0.15, -0.1) is 0 Å². The molecule has 2 aromatic heterocycles. The van der Waals surface area contributed by atoms with Gasteiger partial charge in [0, 0.05) is 44.0 Å². The van der Waals surface area contributed by atoms with Crippen LogP contribution in [-0.4, -0.2) is 63.5 Å². The number of rotatable bonds is 9. The number of thioether (sulfide) groups is 1. The summed E-state index contributed by atoms with van der Waals surface area (Å²) in [5.41, 5.74) is 1.64. The van der Waals surface area contributed by atoms with E-state index in [-0.39, 0.29) is 24.2 Å². The van der Waals surface area contributed by atoms with Gasteiger partial charge in [0.1, 0.15) is 5.82 Å². The average molecular weight is 494 g/mol. The Hall–Kier alpha value is -3.14. The third-order valence-corrected chi connectivity index (χ3v) is 7.54. The third-order valence-electron chi connectivity index (χ3n) is 6.48. The number of carbonyl (C=O) groups excluding carboxylic acids is 2. The normalized spacial score (nSPS) is 18.1. The van der Waals surface area contributed by atoms with Crippen molar-refractivity contribution in [1.82, 2.24) is 25.1 Å². The second-order valence-electron chi connectivity index (χ2n) is 9.01. The molecular formula is C25H31N7O2S. The average Bonchev–Trinajstić information content (AvgIpc) is 3.63. The first-order chi connectivity index (χ1) is 17.1. The maximum atomic E-state index is 12.8. The Bertz CT molecular complexity index is 1190. The van der Waals surface area contributed by atoms with Crippen LogP contribution in [0.5, 0.6) is 0 Å². The minimum Gasteiger partial charge on any atom is -0.356 e. The van der Waals surface area contributed by atoms with E-state index >= 15 is 0 Å². The van der Waals surface area contributed by atoms with Crippen LogP contribution in [-0.2, 0) is 16.1 Å². The first kappa shape index (κ1) is 23.6. The zero-order valence-corrected chi connectivity index (χ0v) is 20.8. The number of fused-ring (bicyclic) bond motifs is 1. The lowest BCUT2D eigenvalue weighted by Crippen LogP contribution is -2.35. The molecule has 184 valence electrons. The van der Waals surface area contributed by atoms with Crippen LogP contribution in [0.2, 0.25) is 0 Å². The molecule has 2 aliphatic rings. The standard InChI is InChI=1S/C25H31N7O2S/c1-2-14-35-25-28-22(30-11-6-7-12-30)20-16-27-32(23(20)29-25)13-10-26-24(34)18-15-21(33)31(17-18)19-8-4-3-5-9-19/h3-5,8-9,16,18H,2,6-7,10-15,17H2,1H3,(H,26,34). The first-order valence-corrected chi connectivity index (χ1v) is 13.4. The molecule has 35 heavy (non-hydrogen) atoms. The van der Waals surface area contributed by atoms with Crippen molar-refractivity contribution in [2.24, 2.45) is 5.92 Å². The van der Waals surface area contributed by atoms with Crippen molar-refractivity contribution in [1.29, 1.82) is 0 Å². The number of amides is 2. The predicted octanol–water partition coefficient (Wildman–Crippen LogP) is 3.10. The maximum Gasteiger partial charge on any atom is 0.227 e.